The summed E-state index contributed by atoms with van der Waals surface area (Å²) in [6.07, 6.45) is 0. The van der Waals surface area contributed by atoms with Crippen molar-refractivity contribution in [2.75, 3.05) is 0 Å². The lowest BCUT2D eigenvalue weighted by atomic mass is 10.1. The van der Waals surface area contributed by atoms with E-state index in [2.05, 4.69) is 4.72 Å². The molecule has 0 fully saturated rings. The van der Waals surface area contributed by atoms with E-state index in [4.69, 9.17) is 11.0 Å². The number of nitriles is 1. The fourth-order valence-electron chi connectivity index (χ4n) is 1.72. The van der Waals surface area contributed by atoms with Gasteiger partial charge in [-0.1, -0.05) is 32.0 Å². The van der Waals surface area contributed by atoms with Gasteiger partial charge in [0.15, 0.2) is 0 Å². The van der Waals surface area contributed by atoms with E-state index in [1.54, 1.807) is 38.1 Å². The standard InChI is InChI=1S/C13H17N3O3S/c1-9(2)12(13(15)17)16-20(18,19)8-11-6-4-3-5-10(11)7-14/h3-6,9,12,16H,8H2,1-2H3,(H2,15,17). The van der Waals surface area contributed by atoms with E-state index in [1.165, 1.54) is 0 Å². The zero-order chi connectivity index (χ0) is 15.3. The Balaban J connectivity index is 2.96. The van der Waals surface area contributed by atoms with Gasteiger partial charge in [0.1, 0.15) is 6.04 Å². The first-order chi connectivity index (χ1) is 9.26. The molecule has 108 valence electrons. The van der Waals surface area contributed by atoms with Gasteiger partial charge in [0.05, 0.1) is 17.4 Å². The second-order valence-corrected chi connectivity index (χ2v) is 6.52. The van der Waals surface area contributed by atoms with Gasteiger partial charge in [-0.25, -0.2) is 13.1 Å². The lowest BCUT2D eigenvalue weighted by Crippen LogP contribution is -2.47. The summed E-state index contributed by atoms with van der Waals surface area (Å²) in [5.41, 5.74) is 5.85. The van der Waals surface area contributed by atoms with Crippen molar-refractivity contribution in [1.82, 2.24) is 4.72 Å². The third-order valence-corrected chi connectivity index (χ3v) is 4.07. The molecule has 0 saturated heterocycles. The molecular formula is C13H17N3O3S. The second kappa shape index (κ2) is 6.50. The van der Waals surface area contributed by atoms with Gasteiger partial charge in [-0.2, -0.15) is 5.26 Å². The molecule has 0 saturated carbocycles. The number of primary amides is 1. The van der Waals surface area contributed by atoms with Gasteiger partial charge in [-0.05, 0) is 17.5 Å². The lowest BCUT2D eigenvalue weighted by Gasteiger charge is -2.19. The van der Waals surface area contributed by atoms with Crippen LogP contribution in [-0.4, -0.2) is 20.4 Å². The summed E-state index contributed by atoms with van der Waals surface area (Å²) in [6, 6.07) is 7.38. The highest BCUT2D eigenvalue weighted by Gasteiger charge is 2.26. The van der Waals surface area contributed by atoms with E-state index < -0.39 is 22.0 Å². The molecule has 0 aromatic heterocycles. The predicted octanol–water partition coefficient (Wildman–Crippen LogP) is 0.488. The van der Waals surface area contributed by atoms with E-state index in [0.29, 0.717) is 5.56 Å². The number of hydrogen-bond donors (Lipinski definition) is 2. The molecule has 0 heterocycles. The fraction of sp³-hybridized carbons (Fsp3) is 0.385. The Morgan fingerprint density at radius 2 is 2.00 bits per heavy atom. The van der Waals surface area contributed by atoms with Crippen molar-refractivity contribution < 1.29 is 13.2 Å². The average molecular weight is 295 g/mol. The van der Waals surface area contributed by atoms with E-state index in [9.17, 15) is 13.2 Å². The maximum absolute atomic E-state index is 12.1. The number of nitrogens with one attached hydrogen (secondary N) is 1. The number of amides is 1. The average Bonchev–Trinajstić information content (AvgIpc) is 2.35. The molecule has 6 nitrogen and oxygen atoms in total. The zero-order valence-corrected chi connectivity index (χ0v) is 12.1. The largest absolute Gasteiger partial charge is 0.368 e. The summed E-state index contributed by atoms with van der Waals surface area (Å²) >= 11 is 0. The van der Waals surface area contributed by atoms with Crippen LogP contribution in [-0.2, 0) is 20.6 Å². The highest BCUT2D eigenvalue weighted by molar-refractivity contribution is 7.88. The molecule has 1 rings (SSSR count). The Bertz CT molecular complexity index is 633. The molecule has 0 radical (unpaired) electrons. The summed E-state index contributed by atoms with van der Waals surface area (Å²) in [6.45, 7) is 3.39. The molecule has 3 N–H and O–H groups in total. The van der Waals surface area contributed by atoms with Crippen LogP contribution in [0.1, 0.15) is 25.0 Å². The highest BCUT2D eigenvalue weighted by Crippen LogP contribution is 2.12. The van der Waals surface area contributed by atoms with Gasteiger partial charge in [0, 0.05) is 0 Å². The molecule has 0 bridgehead atoms. The van der Waals surface area contributed by atoms with Crippen molar-refractivity contribution in [2.45, 2.75) is 25.6 Å². The van der Waals surface area contributed by atoms with Gasteiger partial charge in [0.25, 0.3) is 0 Å². The first-order valence-electron chi connectivity index (χ1n) is 6.04. The Kier molecular flexibility index (Phi) is 5.25. The molecule has 0 aliphatic carbocycles. The van der Waals surface area contributed by atoms with Gasteiger partial charge in [0.2, 0.25) is 15.9 Å². The van der Waals surface area contributed by atoms with Crippen LogP contribution in [0, 0.1) is 17.2 Å². The van der Waals surface area contributed by atoms with Crippen LogP contribution in [0.5, 0.6) is 0 Å². The van der Waals surface area contributed by atoms with Crippen molar-refractivity contribution in [1.29, 1.82) is 5.26 Å². The minimum atomic E-state index is -3.76. The quantitative estimate of drug-likeness (QED) is 0.795. The van der Waals surface area contributed by atoms with Crippen molar-refractivity contribution >= 4 is 15.9 Å². The molecule has 7 heteroatoms. The summed E-state index contributed by atoms with van der Waals surface area (Å²) in [7, 11) is -3.76. The van der Waals surface area contributed by atoms with Gasteiger partial charge >= 0.3 is 0 Å². The van der Waals surface area contributed by atoms with Gasteiger partial charge in [-0.15, -0.1) is 0 Å². The Morgan fingerprint density at radius 1 is 1.40 bits per heavy atom. The monoisotopic (exact) mass is 295 g/mol. The molecule has 1 aromatic carbocycles. The summed E-state index contributed by atoms with van der Waals surface area (Å²) in [4.78, 5) is 11.2. The van der Waals surface area contributed by atoms with Crippen LogP contribution in [0.15, 0.2) is 24.3 Å². The zero-order valence-electron chi connectivity index (χ0n) is 11.3. The Labute approximate surface area is 118 Å². The maximum atomic E-state index is 12.1. The van der Waals surface area contributed by atoms with Crippen LogP contribution < -0.4 is 10.5 Å². The molecule has 0 aliphatic rings. The minimum absolute atomic E-state index is 0.256. The second-order valence-electron chi connectivity index (χ2n) is 4.77. The maximum Gasteiger partial charge on any atom is 0.235 e. The third kappa shape index (κ3) is 4.33. The SMILES string of the molecule is CC(C)C(NS(=O)(=O)Cc1ccccc1C#N)C(N)=O. The Morgan fingerprint density at radius 3 is 2.50 bits per heavy atom. The summed E-state index contributed by atoms with van der Waals surface area (Å²) < 4.78 is 26.4. The Hall–Kier alpha value is -1.91. The van der Waals surface area contributed by atoms with E-state index in [-0.39, 0.29) is 17.2 Å². The predicted molar refractivity (Wildman–Crippen MR) is 74.7 cm³/mol. The molecule has 1 unspecified atom stereocenters. The van der Waals surface area contributed by atoms with Crippen LogP contribution in [0.4, 0.5) is 0 Å². The number of rotatable bonds is 6. The number of hydrogen-bond acceptors (Lipinski definition) is 4. The lowest BCUT2D eigenvalue weighted by molar-refractivity contribution is -0.120. The van der Waals surface area contributed by atoms with Crippen LogP contribution >= 0.6 is 0 Å². The molecule has 0 spiro atoms. The van der Waals surface area contributed by atoms with Crippen molar-refractivity contribution in [3.63, 3.8) is 0 Å². The smallest absolute Gasteiger partial charge is 0.235 e. The fourth-order valence-corrected chi connectivity index (χ4v) is 3.24. The number of sulfonamides is 1. The van der Waals surface area contributed by atoms with E-state index >= 15 is 0 Å². The third-order valence-electron chi connectivity index (χ3n) is 2.76. The van der Waals surface area contributed by atoms with Crippen molar-refractivity contribution in [3.05, 3.63) is 35.4 Å². The normalized spacial score (nSPS) is 12.9. The van der Waals surface area contributed by atoms with Gasteiger partial charge < -0.3 is 5.73 Å². The molecule has 20 heavy (non-hydrogen) atoms. The van der Waals surface area contributed by atoms with Gasteiger partial charge in [-0.3, -0.25) is 4.79 Å². The molecule has 1 atom stereocenters. The molecule has 1 aromatic rings. The number of nitrogens with zero attached hydrogens (tertiary/aromatic N) is 1. The van der Waals surface area contributed by atoms with Crippen LogP contribution in [0.3, 0.4) is 0 Å². The summed E-state index contributed by atoms with van der Waals surface area (Å²) in [5.74, 6) is -1.35. The topological polar surface area (TPSA) is 113 Å². The van der Waals surface area contributed by atoms with E-state index in [1.807, 2.05) is 6.07 Å². The molecule has 1 amide bonds. The van der Waals surface area contributed by atoms with Crippen molar-refractivity contribution in [3.8, 4) is 6.07 Å². The first kappa shape index (κ1) is 16.1. The minimum Gasteiger partial charge on any atom is -0.368 e. The number of nitrogens with two attached hydrogens (primary N) is 1. The number of carbonyl (C=O) groups is 1. The molecule has 0 aliphatic heterocycles. The number of carbonyl (C=O) groups excluding carboxylic acids is 1. The van der Waals surface area contributed by atoms with Crippen LogP contribution in [0.25, 0.3) is 0 Å². The van der Waals surface area contributed by atoms with E-state index in [0.717, 1.165) is 0 Å². The van der Waals surface area contributed by atoms with Crippen molar-refractivity contribution in [2.24, 2.45) is 11.7 Å². The van der Waals surface area contributed by atoms with Crippen LogP contribution in [0.2, 0.25) is 0 Å². The summed E-state index contributed by atoms with van der Waals surface area (Å²) in [5, 5.41) is 8.93. The molecular weight excluding hydrogens is 278 g/mol. The first-order valence-corrected chi connectivity index (χ1v) is 7.69. The highest BCUT2D eigenvalue weighted by atomic mass is 32.2. The number of benzene rings is 1.